The first-order valence-corrected chi connectivity index (χ1v) is 23.6. The fourth-order valence-corrected chi connectivity index (χ4v) is 10.7. The lowest BCUT2D eigenvalue weighted by Crippen LogP contribution is -2.47. The highest BCUT2D eigenvalue weighted by atomic mass is 35.5. The highest BCUT2D eigenvalue weighted by Crippen LogP contribution is 2.45. The lowest BCUT2D eigenvalue weighted by atomic mass is 9.72. The molecule has 3 N–H and O–H groups in total. The molecule has 0 spiro atoms. The van der Waals surface area contributed by atoms with Crippen LogP contribution in [0.15, 0.2) is 89.6 Å². The number of piperazine rings is 1. The maximum atomic E-state index is 14.0. The molecule has 9 rings (SSSR count). The molecule has 0 bridgehead atoms. The van der Waals surface area contributed by atoms with Crippen LogP contribution in [0.25, 0.3) is 16.6 Å². The van der Waals surface area contributed by atoms with Crippen molar-refractivity contribution >= 4 is 61.2 Å². The van der Waals surface area contributed by atoms with Gasteiger partial charge in [0.05, 0.1) is 27.6 Å². The van der Waals surface area contributed by atoms with E-state index in [1.54, 1.807) is 30.5 Å². The number of pyridine rings is 1. The molecule has 4 aliphatic rings. The number of allylic oxidation sites excluding steroid dienone is 1. The van der Waals surface area contributed by atoms with Gasteiger partial charge in [0.2, 0.25) is 0 Å². The zero-order chi connectivity index (χ0) is 43.9. The van der Waals surface area contributed by atoms with Crippen LogP contribution in [-0.4, -0.2) is 79.5 Å². The van der Waals surface area contributed by atoms with Crippen LogP contribution in [0.3, 0.4) is 0 Å². The molecule has 5 aromatic rings. The van der Waals surface area contributed by atoms with E-state index in [0.717, 1.165) is 106 Å². The van der Waals surface area contributed by atoms with Crippen LogP contribution in [0.1, 0.15) is 81.1 Å². The Morgan fingerprint density at radius 3 is 2.57 bits per heavy atom. The smallest absolute Gasteiger partial charge is 0.297 e. The fraction of sp³-hybridized carbons (Fsp3) is 0.404. The topological polar surface area (TPSA) is 172 Å². The van der Waals surface area contributed by atoms with Gasteiger partial charge in [-0.15, -0.1) is 0 Å². The molecule has 3 aromatic carbocycles. The number of nitrogens with zero attached hydrogens (tertiary/aromatic N) is 4. The summed E-state index contributed by atoms with van der Waals surface area (Å²) in [4.78, 5) is 37.5. The minimum Gasteiger partial charge on any atom is -0.489 e. The molecule has 1 amide bonds. The molecule has 2 fully saturated rings. The minimum atomic E-state index is -4.63. The van der Waals surface area contributed by atoms with Gasteiger partial charge in [-0.25, -0.2) is 18.1 Å². The number of ether oxygens (including phenoxy) is 2. The number of nitro groups is 1. The van der Waals surface area contributed by atoms with Gasteiger partial charge in [-0.05, 0) is 91.0 Å². The molecule has 4 heterocycles. The summed E-state index contributed by atoms with van der Waals surface area (Å²) in [5.41, 5.74) is 5.46. The number of fused-ring (bicyclic) bond motifs is 2. The van der Waals surface area contributed by atoms with Crippen LogP contribution in [0.5, 0.6) is 17.2 Å². The van der Waals surface area contributed by atoms with Crippen LogP contribution >= 0.6 is 11.6 Å². The predicted octanol–water partition coefficient (Wildman–Crippen LogP) is 9.57. The summed E-state index contributed by atoms with van der Waals surface area (Å²) in [7, 11) is -4.63. The van der Waals surface area contributed by atoms with Crippen molar-refractivity contribution in [3.63, 3.8) is 0 Å². The number of nitro benzene ring substituents is 1. The average molecular weight is 894 g/mol. The van der Waals surface area contributed by atoms with E-state index in [9.17, 15) is 23.3 Å². The number of halogens is 1. The molecule has 1 atom stereocenters. The van der Waals surface area contributed by atoms with Crippen LogP contribution in [0.4, 0.5) is 17.1 Å². The van der Waals surface area contributed by atoms with Crippen molar-refractivity contribution in [2.45, 2.75) is 76.2 Å². The summed E-state index contributed by atoms with van der Waals surface area (Å²) < 4.78 is 42.3. The second-order valence-corrected chi connectivity index (χ2v) is 20.1. The van der Waals surface area contributed by atoms with E-state index in [2.05, 4.69) is 55.8 Å². The van der Waals surface area contributed by atoms with Gasteiger partial charge in [-0.3, -0.25) is 19.8 Å². The summed E-state index contributed by atoms with van der Waals surface area (Å²) in [6, 6.07) is 18.9. The second kappa shape index (κ2) is 17.5. The number of sulfonamides is 1. The summed E-state index contributed by atoms with van der Waals surface area (Å²) in [5, 5.41) is 17.1. The van der Waals surface area contributed by atoms with Crippen molar-refractivity contribution in [3.05, 3.63) is 111 Å². The van der Waals surface area contributed by atoms with Gasteiger partial charge in [-0.1, -0.05) is 62.4 Å². The molecule has 1 saturated carbocycles. The normalized spacial score (nSPS) is 19.5. The molecule has 2 aromatic heterocycles. The average Bonchev–Trinajstić information content (AvgIpc) is 3.75. The van der Waals surface area contributed by atoms with Gasteiger partial charge in [0.15, 0.2) is 11.4 Å². The highest BCUT2D eigenvalue weighted by molar-refractivity contribution is 7.90. The molecule has 0 unspecified atom stereocenters. The number of H-pyrrole nitrogens is 1. The number of carbonyl (C=O) groups is 1. The Labute approximate surface area is 372 Å². The number of aromatic amines is 1. The number of benzene rings is 3. The Bertz CT molecular complexity index is 2690. The Kier molecular flexibility index (Phi) is 11.8. The molecule has 1 saturated heterocycles. The molecular formula is C47H52ClN7O7S. The minimum absolute atomic E-state index is 0.0438. The molecule has 2 aliphatic carbocycles. The van der Waals surface area contributed by atoms with E-state index in [4.69, 9.17) is 21.1 Å². The SMILES string of the molecule is CC1(C)CCC(CN2CCN(c3ccc(C(=O)NS(=O)(=O)c4cc5c(c([N+](=O)[O-])c4)N[C@H](C4CCCCC4)CO5)c(Oc4cnc5[nH]ccc5c4)c3)CC2)=C(c2ccc(Cl)cc2)C1. The number of hydrogen-bond acceptors (Lipinski definition) is 11. The Morgan fingerprint density at radius 2 is 1.81 bits per heavy atom. The molecule has 330 valence electrons. The highest BCUT2D eigenvalue weighted by Gasteiger charge is 2.35. The summed E-state index contributed by atoms with van der Waals surface area (Å²) in [5.74, 6) is -0.141. The zero-order valence-electron chi connectivity index (χ0n) is 35.5. The van der Waals surface area contributed by atoms with Gasteiger partial charge in [0, 0.05) is 73.2 Å². The first-order valence-electron chi connectivity index (χ1n) is 21.8. The Hall–Kier alpha value is -5.64. The molecule has 14 nitrogen and oxygen atoms in total. The number of amides is 1. The van der Waals surface area contributed by atoms with Crippen molar-refractivity contribution < 1.29 is 27.6 Å². The summed E-state index contributed by atoms with van der Waals surface area (Å²) in [6.45, 7) is 8.88. The van der Waals surface area contributed by atoms with Gasteiger partial charge in [-0.2, -0.15) is 0 Å². The molecule has 16 heteroatoms. The van der Waals surface area contributed by atoms with Crippen molar-refractivity contribution in [1.82, 2.24) is 19.6 Å². The van der Waals surface area contributed by atoms with Gasteiger partial charge < -0.3 is 24.7 Å². The van der Waals surface area contributed by atoms with E-state index in [1.165, 1.54) is 29.0 Å². The van der Waals surface area contributed by atoms with E-state index < -0.39 is 31.4 Å². The van der Waals surface area contributed by atoms with E-state index >= 15 is 0 Å². The van der Waals surface area contributed by atoms with Crippen molar-refractivity contribution in [2.24, 2.45) is 11.3 Å². The van der Waals surface area contributed by atoms with Crippen molar-refractivity contribution in [1.29, 1.82) is 0 Å². The third kappa shape index (κ3) is 9.36. The summed E-state index contributed by atoms with van der Waals surface area (Å²) >= 11 is 6.25. The number of aromatic nitrogens is 2. The first kappa shape index (κ1) is 42.7. The number of hydrogen-bond donors (Lipinski definition) is 3. The lowest BCUT2D eigenvalue weighted by molar-refractivity contribution is -0.384. The van der Waals surface area contributed by atoms with Crippen molar-refractivity contribution in [2.75, 3.05) is 49.5 Å². The van der Waals surface area contributed by atoms with Gasteiger partial charge in [0.1, 0.15) is 23.8 Å². The Balaban J connectivity index is 0.947. The van der Waals surface area contributed by atoms with Crippen LogP contribution < -0.4 is 24.4 Å². The molecule has 0 radical (unpaired) electrons. The second-order valence-electron chi connectivity index (χ2n) is 18.0. The fourth-order valence-electron chi connectivity index (χ4n) is 9.55. The predicted molar refractivity (Wildman–Crippen MR) is 244 cm³/mol. The van der Waals surface area contributed by atoms with E-state index in [-0.39, 0.29) is 40.8 Å². The van der Waals surface area contributed by atoms with Crippen LogP contribution in [-0.2, 0) is 10.0 Å². The number of rotatable bonds is 11. The van der Waals surface area contributed by atoms with E-state index in [1.807, 2.05) is 18.2 Å². The van der Waals surface area contributed by atoms with Crippen molar-refractivity contribution in [3.8, 4) is 17.2 Å². The standard InChI is InChI=1S/C47H52ClN7O7S/c1-47(2)16-14-33(39(26-47)30-8-10-34(48)11-9-30)28-53-18-20-54(21-19-53)35-12-13-38(42(23-35)62-36-22-32-15-17-49-45(32)50-27-36)46(56)52-63(59,60)37-24-41(55(57)58)44-43(25-37)61-29-40(51-44)31-6-4-3-5-7-31/h8-13,15,17,22-25,27,31,40,51H,3-7,14,16,18-21,26,28-29H2,1-2H3,(H,49,50)(H,52,56)/t40-/m0/s1. The third-order valence-electron chi connectivity index (χ3n) is 13.1. The third-order valence-corrected chi connectivity index (χ3v) is 14.7. The number of anilines is 2. The summed E-state index contributed by atoms with van der Waals surface area (Å²) in [6.07, 6.45) is 11.8. The number of nitrogens with one attached hydrogen (secondary N) is 3. The maximum absolute atomic E-state index is 14.0. The molecule has 63 heavy (non-hydrogen) atoms. The first-order chi connectivity index (χ1) is 30.3. The van der Waals surface area contributed by atoms with Gasteiger partial charge >= 0.3 is 0 Å². The zero-order valence-corrected chi connectivity index (χ0v) is 37.1. The lowest BCUT2D eigenvalue weighted by Gasteiger charge is -2.39. The molecular weight excluding hydrogens is 842 g/mol. The van der Waals surface area contributed by atoms with Crippen LogP contribution in [0.2, 0.25) is 5.02 Å². The number of carbonyl (C=O) groups excluding carboxylic acids is 1. The maximum Gasteiger partial charge on any atom is 0.297 e. The quantitative estimate of drug-likeness (QED) is 0.0852. The van der Waals surface area contributed by atoms with Gasteiger partial charge in [0.25, 0.3) is 21.6 Å². The van der Waals surface area contributed by atoms with Crippen LogP contribution in [0, 0.1) is 21.4 Å². The largest absolute Gasteiger partial charge is 0.489 e. The Morgan fingerprint density at radius 1 is 1.03 bits per heavy atom. The monoisotopic (exact) mass is 893 g/mol. The molecule has 2 aliphatic heterocycles. The van der Waals surface area contributed by atoms with E-state index in [0.29, 0.717) is 17.3 Å².